The topological polar surface area (TPSA) is 108 Å². The van der Waals surface area contributed by atoms with Crippen molar-refractivity contribution in [2.75, 3.05) is 24.7 Å². The highest BCUT2D eigenvalue weighted by Crippen LogP contribution is 2.24. The Hall–Kier alpha value is -1.80. The number of benzene rings is 1. The quantitative estimate of drug-likeness (QED) is 0.598. The number of amides is 2. The monoisotopic (exact) mass is 259 g/mol. The number of urea groups is 1. The second-order valence-corrected chi connectivity index (χ2v) is 4.53. The van der Waals surface area contributed by atoms with Crippen molar-refractivity contribution in [2.45, 2.75) is 4.90 Å². The molecule has 1 aromatic rings. The first kappa shape index (κ1) is 13.3. The van der Waals surface area contributed by atoms with E-state index in [0.29, 0.717) is 0 Å². The third-order valence-electron chi connectivity index (χ3n) is 2.01. The van der Waals surface area contributed by atoms with Gasteiger partial charge in [0.15, 0.2) is 0 Å². The number of nitrogens with one attached hydrogen (secondary N) is 3. The summed E-state index contributed by atoms with van der Waals surface area (Å²) in [5, 5.41) is 7.35. The van der Waals surface area contributed by atoms with Crippen LogP contribution in [0.4, 0.5) is 16.2 Å². The van der Waals surface area contributed by atoms with E-state index in [9.17, 15) is 13.2 Å². The summed E-state index contributed by atoms with van der Waals surface area (Å²) in [6, 6.07) is 3.63. The molecule has 0 aliphatic rings. The maximum absolute atomic E-state index is 11.1. The van der Waals surface area contributed by atoms with Crippen LogP contribution in [-0.4, -0.2) is 33.1 Å². The Kier molecular flexibility index (Phi) is 3.92. The Bertz CT molecular complexity index is 527. The fraction of sp³-hybridized carbons (Fsp3) is 0.222. The van der Waals surface area contributed by atoms with Gasteiger partial charge in [0.1, 0.15) is 4.90 Å². The molecule has 0 saturated carbocycles. The molecule has 0 aromatic heterocycles. The maximum atomic E-state index is 11.1. The molecule has 0 spiro atoms. The summed E-state index contributed by atoms with van der Waals surface area (Å²) in [4.78, 5) is 10.7. The normalized spacial score (nSPS) is 10.8. The number of rotatable bonds is 3. The van der Waals surface area contributed by atoms with E-state index >= 15 is 0 Å². The Morgan fingerprint density at radius 1 is 1.29 bits per heavy atom. The molecule has 1 aromatic carbocycles. The molecule has 0 aliphatic heterocycles. The molecule has 8 heteroatoms. The zero-order valence-corrected chi connectivity index (χ0v) is 10.1. The van der Waals surface area contributed by atoms with Gasteiger partial charge < -0.3 is 16.0 Å². The van der Waals surface area contributed by atoms with Crippen LogP contribution in [-0.2, 0) is 10.1 Å². The van der Waals surface area contributed by atoms with Gasteiger partial charge in [-0.1, -0.05) is 0 Å². The van der Waals surface area contributed by atoms with Gasteiger partial charge in [-0.2, -0.15) is 8.42 Å². The predicted octanol–water partition coefficient (Wildman–Crippen LogP) is 0.726. The van der Waals surface area contributed by atoms with Gasteiger partial charge >= 0.3 is 6.03 Å². The molecule has 0 heterocycles. The molecule has 0 saturated heterocycles. The highest BCUT2D eigenvalue weighted by atomic mass is 32.2. The van der Waals surface area contributed by atoms with Crippen LogP contribution in [0.1, 0.15) is 0 Å². The van der Waals surface area contributed by atoms with Crippen LogP contribution < -0.4 is 16.0 Å². The van der Waals surface area contributed by atoms with Crippen LogP contribution in [0.2, 0.25) is 0 Å². The highest BCUT2D eigenvalue weighted by molar-refractivity contribution is 7.86. The number of hydrogen-bond donors (Lipinski definition) is 4. The van der Waals surface area contributed by atoms with E-state index in [1.54, 1.807) is 0 Å². The predicted molar refractivity (Wildman–Crippen MR) is 63.9 cm³/mol. The Balaban J connectivity index is 3.19. The third-order valence-corrected chi connectivity index (χ3v) is 2.91. The lowest BCUT2D eigenvalue weighted by atomic mass is 10.3. The summed E-state index contributed by atoms with van der Waals surface area (Å²) in [7, 11) is -1.39. The van der Waals surface area contributed by atoms with Crippen molar-refractivity contribution in [2.24, 2.45) is 0 Å². The van der Waals surface area contributed by atoms with Gasteiger partial charge in [0, 0.05) is 19.8 Å². The number of anilines is 2. The van der Waals surface area contributed by atoms with Crippen LogP contribution in [0.3, 0.4) is 0 Å². The summed E-state index contributed by atoms with van der Waals surface area (Å²) in [5.74, 6) is 0. The lowest BCUT2D eigenvalue weighted by molar-refractivity contribution is 0.254. The minimum absolute atomic E-state index is 0.245. The number of carbonyl (C=O) groups excluding carboxylic acids is 1. The van der Waals surface area contributed by atoms with E-state index in [1.165, 1.54) is 26.2 Å². The fourth-order valence-electron chi connectivity index (χ4n) is 1.21. The van der Waals surface area contributed by atoms with Crippen LogP contribution in [0, 0.1) is 0 Å². The maximum Gasteiger partial charge on any atom is 0.318 e. The van der Waals surface area contributed by atoms with Crippen molar-refractivity contribution >= 4 is 27.5 Å². The highest BCUT2D eigenvalue weighted by Gasteiger charge is 2.16. The van der Waals surface area contributed by atoms with Crippen molar-refractivity contribution in [3.05, 3.63) is 18.2 Å². The van der Waals surface area contributed by atoms with Gasteiger partial charge in [0.25, 0.3) is 10.1 Å². The van der Waals surface area contributed by atoms with Crippen LogP contribution in [0.15, 0.2) is 23.1 Å². The van der Waals surface area contributed by atoms with Crippen LogP contribution in [0.5, 0.6) is 0 Å². The molecule has 0 radical (unpaired) electrons. The van der Waals surface area contributed by atoms with Gasteiger partial charge in [-0.25, -0.2) is 4.79 Å². The molecular weight excluding hydrogens is 246 g/mol. The molecular formula is C9H13N3O4S. The summed E-state index contributed by atoms with van der Waals surface area (Å²) in [6.07, 6.45) is 0. The summed E-state index contributed by atoms with van der Waals surface area (Å²) < 4.78 is 31.2. The van der Waals surface area contributed by atoms with E-state index < -0.39 is 16.1 Å². The Morgan fingerprint density at radius 3 is 2.41 bits per heavy atom. The minimum Gasteiger partial charge on any atom is -0.387 e. The van der Waals surface area contributed by atoms with Crippen LogP contribution in [0.25, 0.3) is 0 Å². The van der Waals surface area contributed by atoms with Gasteiger partial charge in [-0.15, -0.1) is 0 Å². The van der Waals surface area contributed by atoms with E-state index in [2.05, 4.69) is 16.0 Å². The molecule has 4 N–H and O–H groups in total. The van der Waals surface area contributed by atoms with Gasteiger partial charge in [-0.05, 0) is 18.2 Å². The number of hydrogen-bond acceptors (Lipinski definition) is 4. The molecule has 1 rings (SSSR count). The number of carbonyl (C=O) groups is 1. The average Bonchev–Trinajstić information content (AvgIpc) is 2.27. The molecule has 0 aliphatic carbocycles. The van der Waals surface area contributed by atoms with Crippen molar-refractivity contribution in [3.8, 4) is 0 Å². The first-order valence-electron chi connectivity index (χ1n) is 4.66. The van der Waals surface area contributed by atoms with Crippen molar-refractivity contribution < 1.29 is 17.8 Å². The summed E-state index contributed by atoms with van der Waals surface area (Å²) in [6.45, 7) is 0. The van der Waals surface area contributed by atoms with Crippen molar-refractivity contribution in [1.29, 1.82) is 0 Å². The molecule has 2 amide bonds. The van der Waals surface area contributed by atoms with E-state index in [4.69, 9.17) is 4.55 Å². The molecule has 0 bridgehead atoms. The zero-order chi connectivity index (χ0) is 13.1. The van der Waals surface area contributed by atoms with Gasteiger partial charge in [-0.3, -0.25) is 4.55 Å². The Labute approximate surface area is 99.0 Å². The summed E-state index contributed by atoms with van der Waals surface area (Å²) in [5.41, 5.74) is 0.505. The molecule has 94 valence electrons. The Morgan fingerprint density at radius 2 is 1.94 bits per heavy atom. The molecule has 0 unspecified atom stereocenters. The molecule has 0 fully saturated rings. The third kappa shape index (κ3) is 3.33. The SMILES string of the molecule is CNC(=O)Nc1ccc(NC)c(S(=O)(=O)O)c1. The smallest absolute Gasteiger partial charge is 0.318 e. The molecule has 7 nitrogen and oxygen atoms in total. The molecule has 0 atom stereocenters. The zero-order valence-electron chi connectivity index (χ0n) is 9.31. The van der Waals surface area contributed by atoms with E-state index in [0.717, 1.165) is 6.07 Å². The summed E-state index contributed by atoms with van der Waals surface area (Å²) >= 11 is 0. The van der Waals surface area contributed by atoms with Gasteiger partial charge in [0.2, 0.25) is 0 Å². The standard InChI is InChI=1S/C9H13N3O4S/c1-10-7-4-3-6(12-9(13)11-2)5-8(7)17(14,15)16/h3-5,10H,1-2H3,(H2,11,12,13)(H,14,15,16). The van der Waals surface area contributed by atoms with E-state index in [-0.39, 0.29) is 16.3 Å². The average molecular weight is 259 g/mol. The van der Waals surface area contributed by atoms with Gasteiger partial charge in [0.05, 0.1) is 5.69 Å². The lowest BCUT2D eigenvalue weighted by Gasteiger charge is -2.09. The van der Waals surface area contributed by atoms with Crippen molar-refractivity contribution in [3.63, 3.8) is 0 Å². The van der Waals surface area contributed by atoms with Crippen molar-refractivity contribution in [1.82, 2.24) is 5.32 Å². The molecule has 17 heavy (non-hydrogen) atoms. The van der Waals surface area contributed by atoms with Crippen LogP contribution >= 0.6 is 0 Å². The minimum atomic E-state index is -4.34. The fourth-order valence-corrected chi connectivity index (χ4v) is 1.94. The second kappa shape index (κ2) is 5.02. The first-order valence-corrected chi connectivity index (χ1v) is 6.10. The van der Waals surface area contributed by atoms with E-state index in [1.807, 2.05) is 0 Å². The first-order chi connectivity index (χ1) is 7.88. The lowest BCUT2D eigenvalue weighted by Crippen LogP contribution is -2.24. The largest absolute Gasteiger partial charge is 0.387 e. The second-order valence-electron chi connectivity index (χ2n) is 3.14.